The average Bonchev–Trinajstić information content (AvgIpc) is 2.71. The van der Waals surface area contributed by atoms with Crippen LogP contribution in [-0.4, -0.2) is 64.4 Å². The van der Waals surface area contributed by atoms with Crippen molar-refractivity contribution in [2.24, 2.45) is 5.92 Å². The maximum Gasteiger partial charge on any atom is 0.352 e. The van der Waals surface area contributed by atoms with E-state index in [0.717, 1.165) is 15.7 Å². The lowest BCUT2D eigenvalue weighted by atomic mass is 10.1. The van der Waals surface area contributed by atoms with Crippen LogP contribution in [0.1, 0.15) is 25.0 Å². The Kier molecular flexibility index (Phi) is 6.56. The minimum absolute atomic E-state index is 0.0181. The molecule has 0 amide bonds. The lowest BCUT2D eigenvalue weighted by Gasteiger charge is -2.25. The first kappa shape index (κ1) is 23.0. The van der Waals surface area contributed by atoms with Crippen LogP contribution in [0.2, 0.25) is 0 Å². The van der Waals surface area contributed by atoms with E-state index in [0.29, 0.717) is 11.0 Å². The zero-order valence-corrected chi connectivity index (χ0v) is 18.0. The van der Waals surface area contributed by atoms with Crippen molar-refractivity contribution in [3.63, 3.8) is 0 Å². The van der Waals surface area contributed by atoms with Crippen LogP contribution in [0, 0.1) is 19.8 Å². The van der Waals surface area contributed by atoms with Crippen molar-refractivity contribution in [3.8, 4) is 11.5 Å². The molecule has 0 saturated heterocycles. The fourth-order valence-electron chi connectivity index (χ4n) is 3.50. The minimum Gasteiger partial charge on any atom is -0.394 e. The van der Waals surface area contributed by atoms with Gasteiger partial charge in [0.05, 0.1) is 24.2 Å². The highest BCUT2D eigenvalue weighted by Crippen LogP contribution is 2.24. The number of benzene rings is 1. The maximum absolute atomic E-state index is 13.1. The standard InChI is InChI=1S/C21H28N4O6/c1-10(2)7-25-20(30)17-19(23-21(25)31)24(8-15(27)18(29)16(28)9-26)14-6-12(4)11(3)5-13(14)22-17/h5-6,10,15-16,18,26-29H,7-9H2,1-4H3. The SMILES string of the molecule is Cc1cc2nc3c(=O)n(CC(C)C)c(=O)nc-3n(CC(O)C(O)C(O)CO)c2cc1C. The smallest absolute Gasteiger partial charge is 0.352 e. The van der Waals surface area contributed by atoms with Gasteiger partial charge in [-0.25, -0.2) is 9.78 Å². The second kappa shape index (κ2) is 8.83. The highest BCUT2D eigenvalue weighted by Gasteiger charge is 2.28. The molecular weight excluding hydrogens is 404 g/mol. The fourth-order valence-corrected chi connectivity index (χ4v) is 3.50. The van der Waals surface area contributed by atoms with E-state index in [1.54, 1.807) is 12.1 Å². The van der Waals surface area contributed by atoms with Gasteiger partial charge in [-0.3, -0.25) is 9.36 Å². The summed E-state index contributed by atoms with van der Waals surface area (Å²) in [5, 5.41) is 39.3. The van der Waals surface area contributed by atoms with Gasteiger partial charge in [-0.05, 0) is 43.0 Å². The summed E-state index contributed by atoms with van der Waals surface area (Å²) in [5.41, 5.74) is 1.50. The molecule has 3 unspecified atom stereocenters. The van der Waals surface area contributed by atoms with Crippen LogP contribution in [0.3, 0.4) is 0 Å². The van der Waals surface area contributed by atoms with Crippen molar-refractivity contribution in [1.29, 1.82) is 0 Å². The normalized spacial score (nSPS) is 15.0. The van der Waals surface area contributed by atoms with Gasteiger partial charge in [0.2, 0.25) is 0 Å². The molecule has 168 valence electrons. The molecule has 31 heavy (non-hydrogen) atoms. The number of hydrogen-bond donors (Lipinski definition) is 4. The number of fused-ring (bicyclic) bond motifs is 2. The zero-order valence-electron chi connectivity index (χ0n) is 18.0. The summed E-state index contributed by atoms with van der Waals surface area (Å²) in [7, 11) is 0. The summed E-state index contributed by atoms with van der Waals surface area (Å²) in [6, 6.07) is 3.59. The third kappa shape index (κ3) is 4.38. The van der Waals surface area contributed by atoms with Crippen molar-refractivity contribution in [2.75, 3.05) is 6.61 Å². The number of hydrogen-bond acceptors (Lipinski definition) is 8. The Labute approximate surface area is 178 Å². The molecule has 1 aromatic rings. The van der Waals surface area contributed by atoms with Gasteiger partial charge in [0.1, 0.15) is 18.3 Å². The topological polar surface area (TPSA) is 151 Å². The fraction of sp³-hybridized carbons (Fsp3) is 0.524. The third-order valence-electron chi connectivity index (χ3n) is 5.35. The van der Waals surface area contributed by atoms with Gasteiger partial charge >= 0.3 is 5.69 Å². The molecule has 2 aliphatic rings. The predicted molar refractivity (Wildman–Crippen MR) is 114 cm³/mol. The minimum atomic E-state index is -1.64. The second-order valence-electron chi connectivity index (χ2n) is 8.33. The summed E-state index contributed by atoms with van der Waals surface area (Å²) < 4.78 is 2.49. The Morgan fingerprint density at radius 2 is 1.58 bits per heavy atom. The molecule has 0 aromatic heterocycles. The quantitative estimate of drug-likeness (QED) is 0.362. The van der Waals surface area contributed by atoms with E-state index >= 15 is 0 Å². The molecule has 3 rings (SSSR count). The van der Waals surface area contributed by atoms with Crippen LogP contribution in [0.4, 0.5) is 0 Å². The largest absolute Gasteiger partial charge is 0.394 e. The molecule has 0 radical (unpaired) electrons. The summed E-state index contributed by atoms with van der Waals surface area (Å²) >= 11 is 0. The number of aryl methyl sites for hydroxylation is 2. The van der Waals surface area contributed by atoms with Crippen LogP contribution in [0.5, 0.6) is 0 Å². The van der Waals surface area contributed by atoms with Gasteiger partial charge in [0.25, 0.3) is 5.56 Å². The molecule has 1 aromatic carbocycles. The van der Waals surface area contributed by atoms with Crippen LogP contribution < -0.4 is 11.2 Å². The molecule has 0 fully saturated rings. The molecule has 0 saturated carbocycles. The van der Waals surface area contributed by atoms with Crippen LogP contribution >= 0.6 is 0 Å². The zero-order chi connectivity index (χ0) is 23.0. The van der Waals surface area contributed by atoms with E-state index in [4.69, 9.17) is 5.11 Å². The van der Waals surface area contributed by atoms with Crippen LogP contribution in [-0.2, 0) is 13.1 Å². The van der Waals surface area contributed by atoms with E-state index in [1.807, 2.05) is 27.7 Å². The average molecular weight is 432 g/mol. The molecule has 4 N–H and O–H groups in total. The van der Waals surface area contributed by atoms with Crippen molar-refractivity contribution in [3.05, 3.63) is 44.1 Å². The van der Waals surface area contributed by atoms with Gasteiger partial charge in [-0.1, -0.05) is 13.8 Å². The monoisotopic (exact) mass is 432 g/mol. The highest BCUT2D eigenvalue weighted by atomic mass is 16.4. The Morgan fingerprint density at radius 1 is 0.935 bits per heavy atom. The van der Waals surface area contributed by atoms with Crippen LogP contribution in [0.15, 0.2) is 21.7 Å². The van der Waals surface area contributed by atoms with Gasteiger partial charge in [0, 0.05) is 6.54 Å². The first-order chi connectivity index (χ1) is 14.5. The van der Waals surface area contributed by atoms with Crippen molar-refractivity contribution >= 4 is 11.0 Å². The van der Waals surface area contributed by atoms with Crippen molar-refractivity contribution in [2.45, 2.75) is 59.1 Å². The first-order valence-corrected chi connectivity index (χ1v) is 10.1. The Balaban J connectivity index is 2.31. The predicted octanol–water partition coefficient (Wildman–Crippen LogP) is -0.594. The van der Waals surface area contributed by atoms with Gasteiger partial charge in [-0.2, -0.15) is 4.98 Å². The van der Waals surface area contributed by atoms with E-state index in [9.17, 15) is 24.9 Å². The van der Waals surface area contributed by atoms with E-state index < -0.39 is 36.2 Å². The number of nitrogens with zero attached hydrogens (tertiary/aromatic N) is 4. The Morgan fingerprint density at radius 3 is 2.19 bits per heavy atom. The van der Waals surface area contributed by atoms with Crippen molar-refractivity contribution < 1.29 is 20.4 Å². The van der Waals surface area contributed by atoms with Gasteiger partial charge in [0.15, 0.2) is 11.5 Å². The van der Waals surface area contributed by atoms with E-state index in [2.05, 4.69) is 9.97 Å². The lowest BCUT2D eigenvalue weighted by Crippen LogP contribution is -2.43. The molecular formula is C21H28N4O6. The Bertz CT molecular complexity index is 1190. The molecule has 0 bridgehead atoms. The maximum atomic E-state index is 13.1. The van der Waals surface area contributed by atoms with E-state index in [1.165, 1.54) is 4.57 Å². The highest BCUT2D eigenvalue weighted by molar-refractivity contribution is 5.81. The summed E-state index contributed by atoms with van der Waals surface area (Å²) in [4.78, 5) is 34.2. The molecule has 0 aliphatic carbocycles. The molecule has 2 heterocycles. The lowest BCUT2D eigenvalue weighted by molar-refractivity contribution is -0.0802. The number of aromatic nitrogens is 4. The number of rotatable bonds is 7. The summed E-state index contributed by atoms with van der Waals surface area (Å²) in [6.45, 7) is 6.71. The first-order valence-electron chi connectivity index (χ1n) is 10.1. The molecule has 10 heteroatoms. The second-order valence-corrected chi connectivity index (χ2v) is 8.33. The molecule has 2 aliphatic heterocycles. The third-order valence-corrected chi connectivity index (χ3v) is 5.35. The van der Waals surface area contributed by atoms with Crippen LogP contribution in [0.25, 0.3) is 22.6 Å². The van der Waals surface area contributed by atoms with Gasteiger partial charge < -0.3 is 25.0 Å². The Hall–Kier alpha value is -2.66. The van der Waals surface area contributed by atoms with Gasteiger partial charge in [-0.15, -0.1) is 0 Å². The molecule has 3 atom stereocenters. The molecule has 10 nitrogen and oxygen atoms in total. The van der Waals surface area contributed by atoms with Crippen molar-refractivity contribution in [1.82, 2.24) is 19.1 Å². The number of aliphatic hydroxyl groups is 4. The summed E-state index contributed by atoms with van der Waals surface area (Å²) in [6.07, 6.45) is -4.70. The molecule has 0 spiro atoms. The summed E-state index contributed by atoms with van der Waals surface area (Å²) in [5.74, 6) is 0.0227. The number of aliphatic hydroxyl groups excluding tert-OH is 4. The van der Waals surface area contributed by atoms with E-state index in [-0.39, 0.29) is 30.5 Å².